The number of likely N-dealkylation sites (tertiary alicyclic amines) is 1. The predicted octanol–water partition coefficient (Wildman–Crippen LogP) is 0.260. The highest BCUT2D eigenvalue weighted by Gasteiger charge is 2.41. The summed E-state index contributed by atoms with van der Waals surface area (Å²) in [5.74, 6) is -1.17. The third kappa shape index (κ3) is 2.16. The Morgan fingerprint density at radius 1 is 1.62 bits per heavy atom. The van der Waals surface area contributed by atoms with Crippen molar-refractivity contribution < 1.29 is 9.59 Å². The maximum atomic E-state index is 11.9. The van der Waals surface area contributed by atoms with Gasteiger partial charge in [-0.1, -0.05) is 6.92 Å². The summed E-state index contributed by atoms with van der Waals surface area (Å²) < 4.78 is 0. The average Bonchev–Trinajstić information content (AvgIpc) is 2.64. The molecule has 0 bridgehead atoms. The lowest BCUT2D eigenvalue weighted by Crippen LogP contribution is -2.40. The number of hydrogen-bond acceptors (Lipinski definition) is 3. The lowest BCUT2D eigenvalue weighted by atomic mass is 9.89. The van der Waals surface area contributed by atoms with E-state index in [1.54, 1.807) is 18.7 Å². The molecule has 1 aliphatic rings. The van der Waals surface area contributed by atoms with Gasteiger partial charge < -0.3 is 10.6 Å². The third-order valence-electron chi connectivity index (χ3n) is 3.24. The fourth-order valence-corrected chi connectivity index (χ4v) is 1.89. The van der Waals surface area contributed by atoms with Crippen molar-refractivity contribution >= 4 is 11.8 Å². The van der Waals surface area contributed by atoms with Crippen LogP contribution in [-0.2, 0) is 9.59 Å². The van der Waals surface area contributed by atoms with Crippen LogP contribution in [0.3, 0.4) is 0 Å². The van der Waals surface area contributed by atoms with Crippen LogP contribution in [-0.4, -0.2) is 29.8 Å². The second-order valence-corrected chi connectivity index (χ2v) is 4.52. The van der Waals surface area contributed by atoms with E-state index < -0.39 is 11.3 Å². The number of carbonyl (C=O) groups excluding carboxylic acids is 2. The van der Waals surface area contributed by atoms with Gasteiger partial charge >= 0.3 is 0 Å². The molecule has 1 aliphatic heterocycles. The summed E-state index contributed by atoms with van der Waals surface area (Å²) in [5, 5.41) is 8.81. The highest BCUT2D eigenvalue weighted by molar-refractivity contribution is 5.85. The van der Waals surface area contributed by atoms with E-state index in [1.165, 1.54) is 0 Å². The highest BCUT2D eigenvalue weighted by atomic mass is 16.2. The summed E-state index contributed by atoms with van der Waals surface area (Å²) in [5.41, 5.74) is 4.66. The molecule has 1 fully saturated rings. The zero-order valence-electron chi connectivity index (χ0n) is 9.69. The minimum Gasteiger partial charge on any atom is -0.369 e. The van der Waals surface area contributed by atoms with Crippen LogP contribution < -0.4 is 5.73 Å². The van der Waals surface area contributed by atoms with Crippen molar-refractivity contribution in [3.05, 3.63) is 0 Å². The summed E-state index contributed by atoms with van der Waals surface area (Å²) in [7, 11) is 0. The molecular weight excluding hydrogens is 206 g/mol. The maximum absolute atomic E-state index is 11.9. The van der Waals surface area contributed by atoms with Gasteiger partial charge in [0.25, 0.3) is 0 Å². The van der Waals surface area contributed by atoms with Crippen molar-refractivity contribution in [1.29, 1.82) is 5.26 Å². The topological polar surface area (TPSA) is 87.2 Å². The van der Waals surface area contributed by atoms with E-state index in [2.05, 4.69) is 0 Å². The van der Waals surface area contributed by atoms with Gasteiger partial charge in [-0.15, -0.1) is 0 Å². The van der Waals surface area contributed by atoms with E-state index in [1.807, 2.05) is 6.07 Å². The summed E-state index contributed by atoms with van der Waals surface area (Å²) in [6, 6.07) is 1.98. The Balaban J connectivity index is 2.71. The van der Waals surface area contributed by atoms with Gasteiger partial charge in [-0.25, -0.2) is 0 Å². The van der Waals surface area contributed by atoms with Crippen molar-refractivity contribution in [3.63, 3.8) is 0 Å². The molecule has 5 heteroatoms. The Labute approximate surface area is 95.2 Å². The summed E-state index contributed by atoms with van der Waals surface area (Å²) in [6.45, 7) is 4.40. The molecule has 1 heterocycles. The molecule has 0 aromatic heterocycles. The van der Waals surface area contributed by atoms with Crippen LogP contribution in [0, 0.1) is 22.7 Å². The van der Waals surface area contributed by atoms with Gasteiger partial charge in [-0.2, -0.15) is 5.26 Å². The summed E-state index contributed by atoms with van der Waals surface area (Å²) in [6.07, 6.45) is 1.08. The van der Waals surface area contributed by atoms with Gasteiger partial charge in [0.05, 0.1) is 11.5 Å². The lowest BCUT2D eigenvalue weighted by Gasteiger charge is -2.22. The number of carbonyl (C=O) groups is 2. The molecule has 0 aromatic carbocycles. The van der Waals surface area contributed by atoms with E-state index in [4.69, 9.17) is 11.0 Å². The third-order valence-corrected chi connectivity index (χ3v) is 3.24. The second-order valence-electron chi connectivity index (χ2n) is 4.52. The van der Waals surface area contributed by atoms with Gasteiger partial charge in [-0.05, 0) is 19.8 Å². The minimum absolute atomic E-state index is 0.185. The number of hydrogen-bond donors (Lipinski definition) is 1. The van der Waals surface area contributed by atoms with E-state index in [0.717, 1.165) is 0 Å². The number of primary amides is 1. The average molecular weight is 223 g/mol. The Morgan fingerprint density at radius 2 is 2.25 bits per heavy atom. The largest absolute Gasteiger partial charge is 0.369 e. The van der Waals surface area contributed by atoms with E-state index in [-0.39, 0.29) is 11.8 Å². The van der Waals surface area contributed by atoms with Gasteiger partial charge in [-0.3, -0.25) is 9.59 Å². The molecule has 2 N–H and O–H groups in total. The first kappa shape index (κ1) is 12.5. The van der Waals surface area contributed by atoms with E-state index >= 15 is 0 Å². The van der Waals surface area contributed by atoms with Crippen LogP contribution in [0.5, 0.6) is 0 Å². The first-order valence-electron chi connectivity index (χ1n) is 5.43. The van der Waals surface area contributed by atoms with Gasteiger partial charge in [0.1, 0.15) is 5.92 Å². The van der Waals surface area contributed by atoms with Gasteiger partial charge in [0.2, 0.25) is 11.8 Å². The smallest absolute Gasteiger partial charge is 0.239 e. The fourth-order valence-electron chi connectivity index (χ4n) is 1.89. The van der Waals surface area contributed by atoms with Crippen LogP contribution in [0.1, 0.15) is 26.7 Å². The second kappa shape index (κ2) is 4.52. The SMILES string of the molecule is CCC(C#N)C(=O)N1CCC(C)(C(N)=O)C1. The van der Waals surface area contributed by atoms with Crippen LogP contribution in [0.4, 0.5) is 0 Å². The number of nitrogens with zero attached hydrogens (tertiary/aromatic N) is 2. The van der Waals surface area contributed by atoms with Crippen LogP contribution in [0.2, 0.25) is 0 Å². The molecular formula is C11H17N3O2. The lowest BCUT2D eigenvalue weighted by molar-refractivity contribution is -0.133. The molecule has 5 nitrogen and oxygen atoms in total. The highest BCUT2D eigenvalue weighted by Crippen LogP contribution is 2.30. The summed E-state index contributed by atoms with van der Waals surface area (Å²) >= 11 is 0. The normalized spacial score (nSPS) is 26.2. The molecule has 0 aromatic rings. The maximum Gasteiger partial charge on any atom is 0.239 e. The van der Waals surface area contributed by atoms with Crippen molar-refractivity contribution in [2.24, 2.45) is 17.1 Å². The van der Waals surface area contributed by atoms with E-state index in [9.17, 15) is 9.59 Å². The molecule has 2 unspecified atom stereocenters. The van der Waals surface area contributed by atoms with Gasteiger partial charge in [0, 0.05) is 13.1 Å². The fraction of sp³-hybridized carbons (Fsp3) is 0.727. The first-order valence-corrected chi connectivity index (χ1v) is 5.43. The molecule has 1 saturated heterocycles. The number of nitrogens with two attached hydrogens (primary N) is 1. The number of amides is 2. The molecule has 16 heavy (non-hydrogen) atoms. The molecule has 0 saturated carbocycles. The molecule has 88 valence electrons. The zero-order chi connectivity index (χ0) is 12.3. The standard InChI is InChI=1S/C11H17N3O2/c1-3-8(6-12)9(15)14-5-4-11(2,7-14)10(13)16/h8H,3-5,7H2,1-2H3,(H2,13,16). The Kier molecular flexibility index (Phi) is 3.53. The van der Waals surface area contributed by atoms with Crippen molar-refractivity contribution in [1.82, 2.24) is 4.90 Å². The van der Waals surface area contributed by atoms with Crippen LogP contribution in [0.25, 0.3) is 0 Å². The Morgan fingerprint density at radius 3 is 2.62 bits per heavy atom. The quantitative estimate of drug-likeness (QED) is 0.744. The molecule has 1 rings (SSSR count). The Hall–Kier alpha value is -1.57. The van der Waals surface area contributed by atoms with Crippen molar-refractivity contribution in [2.75, 3.05) is 13.1 Å². The molecule has 2 atom stereocenters. The molecule has 0 aliphatic carbocycles. The Bertz CT molecular complexity index is 348. The van der Waals surface area contributed by atoms with Crippen molar-refractivity contribution in [2.45, 2.75) is 26.7 Å². The predicted molar refractivity (Wildman–Crippen MR) is 57.9 cm³/mol. The molecule has 0 radical (unpaired) electrons. The number of nitriles is 1. The monoisotopic (exact) mass is 223 g/mol. The van der Waals surface area contributed by atoms with E-state index in [0.29, 0.717) is 25.9 Å². The van der Waals surface area contributed by atoms with Gasteiger partial charge in [0.15, 0.2) is 0 Å². The van der Waals surface area contributed by atoms with Crippen LogP contribution in [0.15, 0.2) is 0 Å². The zero-order valence-corrected chi connectivity index (χ0v) is 9.69. The molecule has 0 spiro atoms. The summed E-state index contributed by atoms with van der Waals surface area (Å²) in [4.78, 5) is 24.7. The first-order chi connectivity index (χ1) is 7.44. The number of rotatable bonds is 3. The minimum atomic E-state index is -0.636. The molecule has 2 amide bonds. The van der Waals surface area contributed by atoms with Crippen molar-refractivity contribution in [3.8, 4) is 6.07 Å². The van der Waals surface area contributed by atoms with Crippen LogP contribution >= 0.6 is 0 Å².